The van der Waals surface area contributed by atoms with E-state index in [0.29, 0.717) is 69.2 Å². The van der Waals surface area contributed by atoms with Crippen molar-refractivity contribution < 1.29 is 47.3 Å². The van der Waals surface area contributed by atoms with Gasteiger partial charge in [-0.1, -0.05) is 0 Å². The van der Waals surface area contributed by atoms with E-state index in [1.807, 2.05) is 25.7 Å². The first kappa shape index (κ1) is 46.4. The molecule has 0 bridgehead atoms. The minimum atomic E-state index is -1.04. The van der Waals surface area contributed by atoms with Crippen LogP contribution in [0.25, 0.3) is 10.9 Å². The first-order valence-corrected chi connectivity index (χ1v) is 21.7. The number of amides is 1. The largest absolute Gasteiger partial charge is 0.492 e. The van der Waals surface area contributed by atoms with Crippen LogP contribution in [0.1, 0.15) is 131 Å². The number of unbranched alkanes of at least 4 members (excludes halogenated alkanes) is 4. The number of hydrogen-bond donors (Lipinski definition) is 0. The van der Waals surface area contributed by atoms with Gasteiger partial charge in [-0.05, 0) is 91.0 Å². The Morgan fingerprint density at radius 3 is 2.22 bits per heavy atom. The van der Waals surface area contributed by atoms with Crippen molar-refractivity contribution in [1.29, 1.82) is 0 Å². The van der Waals surface area contributed by atoms with E-state index in [1.165, 1.54) is 19.5 Å². The number of benzene rings is 1. The van der Waals surface area contributed by atoms with Gasteiger partial charge in [-0.25, -0.2) is 14.0 Å². The molecule has 336 valence electrons. The zero-order valence-corrected chi connectivity index (χ0v) is 36.9. The number of methoxy groups -OCH3 is 1. The van der Waals surface area contributed by atoms with E-state index in [4.69, 9.17) is 36.5 Å². The van der Waals surface area contributed by atoms with Crippen LogP contribution in [-0.4, -0.2) is 76.8 Å². The first-order chi connectivity index (χ1) is 30.1. The lowest BCUT2D eigenvalue weighted by Gasteiger charge is -2.37. The Hall–Kier alpha value is -6.09. The summed E-state index contributed by atoms with van der Waals surface area (Å²) in [6.07, 6.45) is 19.9. The quantitative estimate of drug-likeness (QED) is 0.0565. The summed E-state index contributed by atoms with van der Waals surface area (Å²) in [5, 5.41) is -0.0711. The molecule has 3 aromatic rings. The smallest absolute Gasteiger partial charge is 0.410 e. The van der Waals surface area contributed by atoms with Gasteiger partial charge in [-0.3, -0.25) is 19.4 Å². The fourth-order valence-electron chi connectivity index (χ4n) is 8.32. The third kappa shape index (κ3) is 11.1. The number of halogens is 1. The highest BCUT2D eigenvalue weighted by Gasteiger charge is 2.44. The molecule has 1 saturated carbocycles. The van der Waals surface area contributed by atoms with E-state index >= 15 is 4.39 Å². The van der Waals surface area contributed by atoms with Crippen LogP contribution in [0.2, 0.25) is 0 Å². The number of carbonyl (C=O) groups is 4. The molecule has 1 aliphatic carbocycles. The summed E-state index contributed by atoms with van der Waals surface area (Å²) in [7, 11) is 1.42. The summed E-state index contributed by atoms with van der Waals surface area (Å²) in [5.41, 5.74) is -0.500. The second-order valence-electron chi connectivity index (χ2n) is 17.4. The summed E-state index contributed by atoms with van der Waals surface area (Å²) in [4.78, 5) is 75.3. The van der Waals surface area contributed by atoms with Crippen LogP contribution in [0.4, 0.5) is 14.9 Å². The SMILES string of the molecule is C#CCCCCC(=O)OCc1cnc(C)c(OC(=O)c2cn(C3CC3)c3c(OC)c(N4CC5CCCN(C(=O)OC(C)(C)C)C5C4)c(F)cc3c2=O)c1COC(=O)CCCCC#C. The Labute approximate surface area is 367 Å². The number of nitrogens with zero attached hydrogens (tertiary/aromatic N) is 4. The van der Waals surface area contributed by atoms with Crippen LogP contribution < -0.4 is 19.8 Å². The lowest BCUT2D eigenvalue weighted by atomic mass is 9.92. The summed E-state index contributed by atoms with van der Waals surface area (Å²) < 4.78 is 47.2. The van der Waals surface area contributed by atoms with Crippen LogP contribution in [0.5, 0.6) is 11.5 Å². The Balaban J connectivity index is 1.32. The highest BCUT2D eigenvalue weighted by molar-refractivity contribution is 5.98. The van der Waals surface area contributed by atoms with E-state index in [2.05, 4.69) is 16.8 Å². The number of ether oxygens (including phenoxy) is 5. The number of esters is 3. The summed E-state index contributed by atoms with van der Waals surface area (Å²) in [5.74, 6) is 2.47. The highest BCUT2D eigenvalue weighted by atomic mass is 19.1. The molecule has 1 amide bonds. The molecule has 2 atom stereocenters. The van der Waals surface area contributed by atoms with Crippen molar-refractivity contribution in [3.05, 3.63) is 56.9 Å². The van der Waals surface area contributed by atoms with Crippen molar-refractivity contribution in [1.82, 2.24) is 14.5 Å². The van der Waals surface area contributed by atoms with E-state index in [9.17, 15) is 24.0 Å². The van der Waals surface area contributed by atoms with Crippen molar-refractivity contribution >= 4 is 40.6 Å². The molecule has 2 saturated heterocycles. The second-order valence-corrected chi connectivity index (χ2v) is 17.4. The maximum Gasteiger partial charge on any atom is 0.410 e. The van der Waals surface area contributed by atoms with Gasteiger partial charge in [0.15, 0.2) is 17.3 Å². The molecule has 3 aliphatic rings. The van der Waals surface area contributed by atoms with E-state index in [1.54, 1.807) is 16.4 Å². The maximum absolute atomic E-state index is 16.6. The first-order valence-electron chi connectivity index (χ1n) is 21.7. The standard InChI is InChI=1S/C48H57FN4O10/c1-8-10-12-14-18-39(54)60-28-32-24-50-30(3)44(36(32)29-61-40(55)19-15-13-11-9-2)62-46(57)35-26-53(33-20-21-33)41-34(43(35)56)23-37(49)42(45(41)59-7)51-25-31-17-16-22-52(38(31)27-51)47(58)63-48(4,5)6/h1-2,23-24,26,31,33,38H,10-22,25,27-29H2,3-7H3. The van der Waals surface area contributed by atoms with Gasteiger partial charge in [-0.15, -0.1) is 24.7 Å². The zero-order chi connectivity index (χ0) is 45.4. The van der Waals surface area contributed by atoms with Crippen LogP contribution in [0, 0.1) is 43.3 Å². The Kier molecular flexibility index (Phi) is 15.0. The van der Waals surface area contributed by atoms with Gasteiger partial charge >= 0.3 is 24.0 Å². The number of aryl methyl sites for hydroxylation is 1. The molecule has 2 aliphatic heterocycles. The van der Waals surface area contributed by atoms with Gasteiger partial charge in [-0.2, -0.15) is 0 Å². The van der Waals surface area contributed by atoms with E-state index in [-0.39, 0.29) is 83.5 Å². The second kappa shape index (κ2) is 20.4. The number of fused-ring (bicyclic) bond motifs is 2. The highest BCUT2D eigenvalue weighted by Crippen LogP contribution is 2.46. The molecule has 2 unspecified atom stereocenters. The van der Waals surface area contributed by atoms with Crippen molar-refractivity contribution in [2.24, 2.45) is 5.92 Å². The van der Waals surface area contributed by atoms with Crippen LogP contribution in [0.15, 0.2) is 23.3 Å². The van der Waals surface area contributed by atoms with Crippen molar-refractivity contribution in [2.45, 2.75) is 136 Å². The molecule has 0 radical (unpaired) electrons. The Morgan fingerprint density at radius 2 is 1.60 bits per heavy atom. The average molecular weight is 869 g/mol. The molecule has 0 N–H and O–H groups in total. The number of terminal acetylenes is 2. The van der Waals surface area contributed by atoms with Gasteiger partial charge in [0.1, 0.15) is 30.1 Å². The number of hydrogen-bond acceptors (Lipinski definition) is 12. The number of piperidine rings is 1. The van der Waals surface area contributed by atoms with Gasteiger partial charge < -0.3 is 38.1 Å². The molecule has 1 aromatic carbocycles. The molecule has 14 nitrogen and oxygen atoms in total. The molecule has 6 rings (SSSR count). The van der Waals surface area contributed by atoms with Gasteiger partial charge in [0, 0.05) is 74.9 Å². The van der Waals surface area contributed by atoms with Crippen molar-refractivity contribution in [3.8, 4) is 36.2 Å². The fourth-order valence-corrected chi connectivity index (χ4v) is 8.32. The third-order valence-corrected chi connectivity index (χ3v) is 11.6. The molecule has 2 aromatic heterocycles. The van der Waals surface area contributed by atoms with Crippen molar-refractivity contribution in [3.63, 3.8) is 0 Å². The number of likely N-dealkylation sites (tertiary alicyclic amines) is 1. The Morgan fingerprint density at radius 1 is 0.937 bits per heavy atom. The van der Waals surface area contributed by atoms with Crippen molar-refractivity contribution in [2.75, 3.05) is 31.6 Å². The lowest BCUT2D eigenvalue weighted by molar-refractivity contribution is -0.146. The molecule has 0 spiro atoms. The molecule has 63 heavy (non-hydrogen) atoms. The van der Waals surface area contributed by atoms with Crippen LogP contribution in [0.3, 0.4) is 0 Å². The van der Waals surface area contributed by atoms with Crippen LogP contribution >= 0.6 is 0 Å². The lowest BCUT2D eigenvalue weighted by Crippen LogP contribution is -2.50. The molecule has 4 heterocycles. The number of carbonyl (C=O) groups excluding carboxylic acids is 4. The molecular weight excluding hydrogens is 812 g/mol. The summed E-state index contributed by atoms with van der Waals surface area (Å²) in [6, 6.07) is 0.817. The molecular formula is C48H57FN4O10. The Bertz CT molecular complexity index is 2370. The predicted octanol–water partition coefficient (Wildman–Crippen LogP) is 7.72. The van der Waals surface area contributed by atoms with Gasteiger partial charge in [0.25, 0.3) is 0 Å². The molecule has 15 heteroatoms. The predicted molar refractivity (Wildman–Crippen MR) is 233 cm³/mol. The number of pyridine rings is 2. The average Bonchev–Trinajstić information content (AvgIpc) is 4.00. The van der Waals surface area contributed by atoms with Gasteiger partial charge in [0.05, 0.1) is 29.7 Å². The topological polar surface area (TPSA) is 156 Å². The minimum Gasteiger partial charge on any atom is -0.492 e. The number of aromatic nitrogens is 2. The van der Waals surface area contributed by atoms with E-state index in [0.717, 1.165) is 31.7 Å². The zero-order valence-electron chi connectivity index (χ0n) is 36.9. The number of anilines is 1. The third-order valence-electron chi connectivity index (χ3n) is 11.6. The summed E-state index contributed by atoms with van der Waals surface area (Å²) >= 11 is 0. The monoisotopic (exact) mass is 868 g/mol. The normalized spacial score (nSPS) is 17.1. The maximum atomic E-state index is 16.6. The van der Waals surface area contributed by atoms with E-state index < -0.39 is 40.8 Å². The minimum absolute atomic E-state index is 0.0638. The fraction of sp³-hybridized carbons (Fsp3) is 0.542. The van der Waals surface area contributed by atoms with Crippen LogP contribution in [-0.2, 0) is 37.0 Å². The molecule has 3 fully saturated rings. The van der Waals surface area contributed by atoms with Gasteiger partial charge in [0.2, 0.25) is 5.43 Å². The summed E-state index contributed by atoms with van der Waals surface area (Å²) in [6.45, 7) is 7.76. The number of rotatable bonds is 17.